The highest BCUT2D eigenvalue weighted by molar-refractivity contribution is 5.80. The molecule has 0 aliphatic carbocycles. The predicted molar refractivity (Wildman–Crippen MR) is 260 cm³/mol. The third kappa shape index (κ3) is 31.2. The summed E-state index contributed by atoms with van der Waals surface area (Å²) >= 11 is 0. The van der Waals surface area contributed by atoms with Gasteiger partial charge in [-0.2, -0.15) is 0 Å². The third-order valence-corrected chi connectivity index (χ3v) is 12.6. The topological polar surface area (TPSA) is 175 Å². The number of aliphatic hydroxyl groups is 5. The van der Waals surface area contributed by atoms with Gasteiger partial charge in [0.15, 0.2) is 12.4 Å². The van der Waals surface area contributed by atoms with Gasteiger partial charge in [0.2, 0.25) is 5.91 Å². The standard InChI is InChI=1S/C53H99NO10/c1-4-7-10-13-16-19-22-23-24-26-29-32-35-38-41-48(58)64-51-50(60)49(59)47(42-55)63-53(51)62-43-44(45(56)39-36-33-30-28-25-20-17-14-11-8-5-2)54-52(61)46(57)40-37-34-31-27-21-18-15-12-9-6-3/h24,26,36,39,44-47,49-51,53,55-57,59-60H,4-23,25,27-35,37-38,40-43H2,1-3H3,(H,54,61)/b26-24-,39-36+. The van der Waals surface area contributed by atoms with Crippen molar-refractivity contribution in [2.75, 3.05) is 13.2 Å². The van der Waals surface area contributed by atoms with Gasteiger partial charge in [-0.3, -0.25) is 9.59 Å². The van der Waals surface area contributed by atoms with E-state index in [1.54, 1.807) is 6.08 Å². The fourth-order valence-corrected chi connectivity index (χ4v) is 8.29. The first-order chi connectivity index (χ1) is 31.2. The Bertz CT molecular complexity index is 1140. The Labute approximate surface area is 391 Å². The lowest BCUT2D eigenvalue weighted by Gasteiger charge is -2.41. The molecular formula is C53H99NO10. The van der Waals surface area contributed by atoms with Crippen LogP contribution in [0.15, 0.2) is 24.3 Å². The van der Waals surface area contributed by atoms with Crippen molar-refractivity contribution in [2.24, 2.45) is 0 Å². The molecule has 1 rings (SSSR count). The van der Waals surface area contributed by atoms with Crippen molar-refractivity contribution < 1.29 is 49.3 Å². The molecule has 64 heavy (non-hydrogen) atoms. The zero-order valence-electron chi connectivity index (χ0n) is 41.2. The number of ether oxygens (including phenoxy) is 3. The smallest absolute Gasteiger partial charge is 0.306 e. The molecule has 0 saturated carbocycles. The molecule has 0 aromatic carbocycles. The quantitative estimate of drug-likeness (QED) is 0.0196. The van der Waals surface area contributed by atoms with E-state index < -0.39 is 67.4 Å². The minimum Gasteiger partial charge on any atom is -0.454 e. The van der Waals surface area contributed by atoms with Crippen LogP contribution < -0.4 is 5.32 Å². The molecule has 1 aliphatic rings. The Kier molecular flexibility index (Phi) is 39.9. The van der Waals surface area contributed by atoms with Gasteiger partial charge >= 0.3 is 5.97 Å². The fourth-order valence-electron chi connectivity index (χ4n) is 8.29. The van der Waals surface area contributed by atoms with Crippen LogP contribution in [0.2, 0.25) is 0 Å². The van der Waals surface area contributed by atoms with Crippen LogP contribution in [0.3, 0.4) is 0 Å². The second-order valence-corrected chi connectivity index (χ2v) is 18.6. The SMILES string of the molecule is CCCCCCCCC/C=C\CCCCCC(=O)OC1C(OCC(NC(=O)C(O)CCCCCCCCCCCC)C(O)/C=C/CCCCCCCCCCC)OC(CO)C(O)C1O. The molecule has 1 heterocycles. The number of nitrogens with one attached hydrogen (secondary N) is 1. The maximum absolute atomic E-state index is 13.3. The van der Waals surface area contributed by atoms with E-state index in [0.717, 1.165) is 64.2 Å². The van der Waals surface area contributed by atoms with Crippen molar-refractivity contribution in [3.63, 3.8) is 0 Å². The zero-order chi connectivity index (χ0) is 46.9. The molecule has 376 valence electrons. The number of hydrogen-bond acceptors (Lipinski definition) is 10. The summed E-state index contributed by atoms with van der Waals surface area (Å²) in [7, 11) is 0. The van der Waals surface area contributed by atoms with Crippen molar-refractivity contribution >= 4 is 11.9 Å². The van der Waals surface area contributed by atoms with E-state index in [2.05, 4.69) is 38.2 Å². The summed E-state index contributed by atoms with van der Waals surface area (Å²) in [4.78, 5) is 26.3. The number of carbonyl (C=O) groups is 2. The number of hydrogen-bond donors (Lipinski definition) is 6. The molecule has 0 aromatic heterocycles. The highest BCUT2D eigenvalue weighted by Gasteiger charge is 2.47. The van der Waals surface area contributed by atoms with Gasteiger partial charge in [0.05, 0.1) is 25.4 Å². The van der Waals surface area contributed by atoms with Gasteiger partial charge in [-0.05, 0) is 51.4 Å². The fraction of sp³-hybridized carbons (Fsp3) is 0.887. The number of allylic oxidation sites excluding steroid dienone is 3. The highest BCUT2D eigenvalue weighted by atomic mass is 16.7. The highest BCUT2D eigenvalue weighted by Crippen LogP contribution is 2.26. The molecule has 6 N–H and O–H groups in total. The molecule has 11 heteroatoms. The molecule has 11 nitrogen and oxygen atoms in total. The van der Waals surface area contributed by atoms with Gasteiger partial charge in [-0.15, -0.1) is 0 Å². The number of esters is 1. The molecule has 1 amide bonds. The molecule has 1 fully saturated rings. The van der Waals surface area contributed by atoms with Crippen LogP contribution >= 0.6 is 0 Å². The third-order valence-electron chi connectivity index (χ3n) is 12.6. The van der Waals surface area contributed by atoms with E-state index in [1.165, 1.54) is 128 Å². The van der Waals surface area contributed by atoms with Crippen molar-refractivity contribution in [2.45, 2.75) is 288 Å². The maximum atomic E-state index is 13.3. The Morgan fingerprint density at radius 1 is 0.594 bits per heavy atom. The molecule has 0 bridgehead atoms. The maximum Gasteiger partial charge on any atom is 0.306 e. The van der Waals surface area contributed by atoms with Gasteiger partial charge in [-0.1, -0.05) is 206 Å². The average molecular weight is 910 g/mol. The van der Waals surface area contributed by atoms with E-state index in [4.69, 9.17) is 14.2 Å². The van der Waals surface area contributed by atoms with Crippen molar-refractivity contribution in [1.82, 2.24) is 5.32 Å². The van der Waals surface area contributed by atoms with E-state index in [9.17, 15) is 35.1 Å². The van der Waals surface area contributed by atoms with E-state index >= 15 is 0 Å². The molecule has 8 atom stereocenters. The van der Waals surface area contributed by atoms with Crippen LogP contribution in [0, 0.1) is 0 Å². The molecule has 0 radical (unpaired) electrons. The van der Waals surface area contributed by atoms with Gasteiger partial charge in [-0.25, -0.2) is 0 Å². The van der Waals surface area contributed by atoms with Crippen LogP contribution in [-0.2, 0) is 23.8 Å². The summed E-state index contributed by atoms with van der Waals surface area (Å²) in [5.41, 5.74) is 0. The molecule has 0 spiro atoms. The van der Waals surface area contributed by atoms with Gasteiger partial charge < -0.3 is 45.1 Å². The minimum absolute atomic E-state index is 0.106. The summed E-state index contributed by atoms with van der Waals surface area (Å²) in [6, 6.07) is -1.02. The Balaban J connectivity index is 2.77. The first-order valence-electron chi connectivity index (χ1n) is 26.6. The van der Waals surface area contributed by atoms with Gasteiger partial charge in [0.25, 0.3) is 0 Å². The largest absolute Gasteiger partial charge is 0.454 e. The number of aliphatic hydroxyl groups excluding tert-OH is 5. The van der Waals surface area contributed by atoms with Gasteiger partial charge in [0, 0.05) is 6.42 Å². The number of unbranched alkanes of at least 4 members (excludes halogenated alkanes) is 28. The zero-order valence-corrected chi connectivity index (χ0v) is 41.2. The van der Waals surface area contributed by atoms with Crippen LogP contribution in [0.5, 0.6) is 0 Å². The lowest BCUT2D eigenvalue weighted by Crippen LogP contribution is -2.61. The summed E-state index contributed by atoms with van der Waals surface area (Å²) in [5, 5.41) is 56.5. The number of rotatable bonds is 44. The average Bonchev–Trinajstić information content (AvgIpc) is 3.29. The second-order valence-electron chi connectivity index (χ2n) is 18.6. The van der Waals surface area contributed by atoms with Crippen LogP contribution in [0.1, 0.15) is 239 Å². The Morgan fingerprint density at radius 3 is 1.52 bits per heavy atom. The van der Waals surface area contributed by atoms with E-state index in [-0.39, 0.29) is 13.0 Å². The normalized spacial score (nSPS) is 20.5. The summed E-state index contributed by atoms with van der Waals surface area (Å²) < 4.78 is 17.5. The number of carbonyl (C=O) groups excluding carboxylic acids is 2. The van der Waals surface area contributed by atoms with Crippen molar-refractivity contribution in [1.29, 1.82) is 0 Å². The molecule has 1 saturated heterocycles. The lowest BCUT2D eigenvalue weighted by atomic mass is 9.99. The monoisotopic (exact) mass is 910 g/mol. The van der Waals surface area contributed by atoms with Crippen LogP contribution in [0.25, 0.3) is 0 Å². The first-order valence-corrected chi connectivity index (χ1v) is 26.6. The molecule has 8 unspecified atom stereocenters. The van der Waals surface area contributed by atoms with Crippen LogP contribution in [-0.4, -0.2) is 99.6 Å². The first kappa shape index (κ1) is 60.2. The summed E-state index contributed by atoms with van der Waals surface area (Å²) in [6.45, 7) is 5.73. The van der Waals surface area contributed by atoms with E-state index in [0.29, 0.717) is 19.3 Å². The van der Waals surface area contributed by atoms with E-state index in [1.807, 2.05) is 6.08 Å². The summed E-state index contributed by atoms with van der Waals surface area (Å²) in [5.74, 6) is -1.21. The molecule has 0 aromatic rings. The lowest BCUT2D eigenvalue weighted by molar-refractivity contribution is -0.305. The van der Waals surface area contributed by atoms with Gasteiger partial charge in [0.1, 0.15) is 24.4 Å². The predicted octanol–water partition coefficient (Wildman–Crippen LogP) is 11.0. The Morgan fingerprint density at radius 2 is 1.03 bits per heavy atom. The molecule has 1 aliphatic heterocycles. The Hall–Kier alpha value is -1.86. The minimum atomic E-state index is -1.61. The van der Waals surface area contributed by atoms with Crippen LogP contribution in [0.4, 0.5) is 0 Å². The number of amides is 1. The molecular weight excluding hydrogens is 811 g/mol. The second kappa shape index (κ2) is 42.5. The van der Waals surface area contributed by atoms with Crippen molar-refractivity contribution in [3.05, 3.63) is 24.3 Å². The summed E-state index contributed by atoms with van der Waals surface area (Å²) in [6.07, 6.45) is 35.2. The van der Waals surface area contributed by atoms with Crippen molar-refractivity contribution in [3.8, 4) is 0 Å².